The molecule has 0 aliphatic carbocycles. The lowest BCUT2D eigenvalue weighted by Crippen LogP contribution is -2.29. The maximum absolute atomic E-state index is 9.12. The van der Waals surface area contributed by atoms with Gasteiger partial charge in [-0.1, -0.05) is 30.3 Å². The predicted molar refractivity (Wildman–Crippen MR) is 63.5 cm³/mol. The second kappa shape index (κ2) is 3.37. The Labute approximate surface area is 92.1 Å². The second-order valence-corrected chi connectivity index (χ2v) is 3.73. The van der Waals surface area contributed by atoms with Gasteiger partial charge < -0.3 is 14.5 Å². The lowest BCUT2D eigenvalue weighted by atomic mass is 9.80. The molecule has 1 aromatic heterocycles. The topological polar surface area (TPSA) is 53.6 Å². The third-order valence-corrected chi connectivity index (χ3v) is 2.70. The van der Waals surface area contributed by atoms with Crippen molar-refractivity contribution in [2.45, 2.75) is 0 Å². The molecule has 0 radical (unpaired) electrons. The quantitative estimate of drug-likeness (QED) is 0.597. The van der Waals surface area contributed by atoms with E-state index in [0.717, 1.165) is 21.9 Å². The second-order valence-electron chi connectivity index (χ2n) is 3.73. The highest BCUT2D eigenvalue weighted by molar-refractivity contribution is 6.59. The molecule has 0 fully saturated rings. The number of furan rings is 1. The van der Waals surface area contributed by atoms with Crippen LogP contribution in [-0.4, -0.2) is 17.2 Å². The van der Waals surface area contributed by atoms with Crippen molar-refractivity contribution < 1.29 is 14.5 Å². The van der Waals surface area contributed by atoms with Gasteiger partial charge in [0, 0.05) is 10.8 Å². The molecule has 4 heteroatoms. The van der Waals surface area contributed by atoms with Crippen LogP contribution in [0.2, 0.25) is 0 Å². The van der Waals surface area contributed by atoms with E-state index in [4.69, 9.17) is 14.5 Å². The number of fused-ring (bicyclic) bond motifs is 3. The van der Waals surface area contributed by atoms with Crippen LogP contribution in [0.25, 0.3) is 21.9 Å². The lowest BCUT2D eigenvalue weighted by Gasteiger charge is -1.97. The van der Waals surface area contributed by atoms with Crippen molar-refractivity contribution in [1.29, 1.82) is 0 Å². The molecule has 0 saturated carbocycles. The molecule has 3 rings (SSSR count). The van der Waals surface area contributed by atoms with Crippen LogP contribution < -0.4 is 5.46 Å². The van der Waals surface area contributed by atoms with Crippen molar-refractivity contribution in [3.8, 4) is 0 Å². The number of hydrogen-bond donors (Lipinski definition) is 2. The zero-order chi connectivity index (χ0) is 11.1. The van der Waals surface area contributed by atoms with Gasteiger partial charge in [-0.25, -0.2) is 0 Å². The largest absolute Gasteiger partial charge is 0.488 e. The van der Waals surface area contributed by atoms with Crippen molar-refractivity contribution >= 4 is 34.5 Å². The van der Waals surface area contributed by atoms with Gasteiger partial charge in [0.15, 0.2) is 0 Å². The highest BCUT2D eigenvalue weighted by Crippen LogP contribution is 2.27. The summed E-state index contributed by atoms with van der Waals surface area (Å²) in [5, 5.41) is 20.1. The van der Waals surface area contributed by atoms with Gasteiger partial charge in [0.1, 0.15) is 11.2 Å². The molecule has 0 amide bonds. The summed E-state index contributed by atoms with van der Waals surface area (Å²) in [6.07, 6.45) is 0. The lowest BCUT2D eigenvalue weighted by molar-refractivity contribution is 0.426. The van der Waals surface area contributed by atoms with Crippen LogP contribution in [-0.2, 0) is 0 Å². The monoisotopic (exact) mass is 212 g/mol. The van der Waals surface area contributed by atoms with Gasteiger partial charge in [0.05, 0.1) is 0 Å². The third kappa shape index (κ3) is 1.32. The van der Waals surface area contributed by atoms with Crippen LogP contribution in [0, 0.1) is 0 Å². The molecule has 78 valence electrons. The molecule has 16 heavy (non-hydrogen) atoms. The summed E-state index contributed by atoms with van der Waals surface area (Å²) in [4.78, 5) is 0. The van der Waals surface area contributed by atoms with Crippen molar-refractivity contribution in [3.63, 3.8) is 0 Å². The predicted octanol–water partition coefficient (Wildman–Crippen LogP) is 1.27. The van der Waals surface area contributed by atoms with Crippen LogP contribution in [0.3, 0.4) is 0 Å². The van der Waals surface area contributed by atoms with E-state index in [2.05, 4.69) is 0 Å². The maximum atomic E-state index is 9.12. The average Bonchev–Trinajstić information content (AvgIpc) is 2.66. The zero-order valence-corrected chi connectivity index (χ0v) is 8.42. The SMILES string of the molecule is OB(O)c1ccc2oc3ccccc3c2c1. The molecule has 2 N–H and O–H groups in total. The number of para-hydroxylation sites is 1. The summed E-state index contributed by atoms with van der Waals surface area (Å²) >= 11 is 0. The zero-order valence-electron chi connectivity index (χ0n) is 8.42. The Kier molecular flexibility index (Phi) is 1.99. The van der Waals surface area contributed by atoms with Gasteiger partial charge in [-0.15, -0.1) is 0 Å². The van der Waals surface area contributed by atoms with Crippen LogP contribution in [0.4, 0.5) is 0 Å². The maximum Gasteiger partial charge on any atom is 0.488 e. The fraction of sp³-hybridized carbons (Fsp3) is 0. The first-order valence-corrected chi connectivity index (χ1v) is 5.03. The van der Waals surface area contributed by atoms with Gasteiger partial charge in [0.25, 0.3) is 0 Å². The Balaban J connectivity index is 2.40. The molecule has 0 unspecified atom stereocenters. The Morgan fingerprint density at radius 3 is 2.44 bits per heavy atom. The van der Waals surface area contributed by atoms with Gasteiger partial charge in [-0.05, 0) is 17.6 Å². The van der Waals surface area contributed by atoms with Crippen LogP contribution in [0.5, 0.6) is 0 Å². The van der Waals surface area contributed by atoms with E-state index in [1.165, 1.54) is 0 Å². The Hall–Kier alpha value is -1.78. The van der Waals surface area contributed by atoms with Crippen molar-refractivity contribution in [2.75, 3.05) is 0 Å². The van der Waals surface area contributed by atoms with Gasteiger partial charge in [-0.3, -0.25) is 0 Å². The average molecular weight is 212 g/mol. The van der Waals surface area contributed by atoms with E-state index in [9.17, 15) is 0 Å². The third-order valence-electron chi connectivity index (χ3n) is 2.70. The summed E-state index contributed by atoms with van der Waals surface area (Å²) in [5.74, 6) is 0. The first-order chi connectivity index (χ1) is 7.75. The summed E-state index contributed by atoms with van der Waals surface area (Å²) in [6.45, 7) is 0. The van der Waals surface area contributed by atoms with E-state index >= 15 is 0 Å². The molecule has 0 aliphatic rings. The molecular formula is C12H9BO3. The molecular weight excluding hydrogens is 203 g/mol. The molecule has 0 bridgehead atoms. The smallest absolute Gasteiger partial charge is 0.456 e. The fourth-order valence-electron chi connectivity index (χ4n) is 1.90. The highest BCUT2D eigenvalue weighted by Gasteiger charge is 2.13. The van der Waals surface area contributed by atoms with Crippen LogP contribution in [0.15, 0.2) is 46.9 Å². The molecule has 3 nitrogen and oxygen atoms in total. The summed E-state index contributed by atoms with van der Waals surface area (Å²) in [7, 11) is -1.45. The number of rotatable bonds is 1. The van der Waals surface area contributed by atoms with E-state index in [0.29, 0.717) is 5.46 Å². The Morgan fingerprint density at radius 1 is 0.875 bits per heavy atom. The highest BCUT2D eigenvalue weighted by atomic mass is 16.4. The molecule has 1 heterocycles. The molecule has 2 aromatic carbocycles. The summed E-state index contributed by atoms with van der Waals surface area (Å²) < 4.78 is 5.62. The Morgan fingerprint density at radius 2 is 1.62 bits per heavy atom. The molecule has 0 saturated heterocycles. The van der Waals surface area contributed by atoms with E-state index < -0.39 is 7.12 Å². The van der Waals surface area contributed by atoms with Crippen molar-refractivity contribution in [1.82, 2.24) is 0 Å². The van der Waals surface area contributed by atoms with Crippen molar-refractivity contribution in [2.24, 2.45) is 0 Å². The minimum Gasteiger partial charge on any atom is -0.456 e. The van der Waals surface area contributed by atoms with Gasteiger partial charge >= 0.3 is 7.12 Å². The molecule has 0 spiro atoms. The minimum absolute atomic E-state index is 0.471. The first kappa shape index (κ1) is 9.45. The number of benzene rings is 2. The van der Waals surface area contributed by atoms with Crippen LogP contribution in [0.1, 0.15) is 0 Å². The summed E-state index contributed by atoms with van der Waals surface area (Å²) in [6, 6.07) is 12.8. The van der Waals surface area contributed by atoms with E-state index in [-0.39, 0.29) is 0 Å². The minimum atomic E-state index is -1.45. The standard InChI is InChI=1S/C12H9BO3/c14-13(15)8-5-6-12-10(7-8)9-3-1-2-4-11(9)16-12/h1-7,14-15H. The van der Waals surface area contributed by atoms with Crippen LogP contribution >= 0.6 is 0 Å². The van der Waals surface area contributed by atoms with Gasteiger partial charge in [0.2, 0.25) is 0 Å². The molecule has 0 aliphatic heterocycles. The first-order valence-electron chi connectivity index (χ1n) is 5.03. The normalized spacial score (nSPS) is 11.1. The number of hydrogen-bond acceptors (Lipinski definition) is 3. The Bertz CT molecular complexity index is 657. The molecule has 3 aromatic rings. The van der Waals surface area contributed by atoms with E-state index in [1.54, 1.807) is 18.2 Å². The summed E-state index contributed by atoms with van der Waals surface area (Å²) in [5.41, 5.74) is 2.03. The van der Waals surface area contributed by atoms with Gasteiger partial charge in [-0.2, -0.15) is 0 Å². The fourth-order valence-corrected chi connectivity index (χ4v) is 1.90. The van der Waals surface area contributed by atoms with Crippen molar-refractivity contribution in [3.05, 3.63) is 42.5 Å². The van der Waals surface area contributed by atoms with E-state index in [1.807, 2.05) is 24.3 Å². The molecule has 0 atom stereocenters.